The number of benzene rings is 1. The molecule has 10 heteroatoms. The molecule has 0 unspecified atom stereocenters. The molecule has 3 heterocycles. The van der Waals surface area contributed by atoms with Crippen LogP contribution in [0.5, 0.6) is 5.75 Å². The van der Waals surface area contributed by atoms with Crippen molar-refractivity contribution in [2.75, 3.05) is 6.54 Å². The highest BCUT2D eigenvalue weighted by atomic mass is 19.1. The molecule has 0 saturated heterocycles. The van der Waals surface area contributed by atoms with Crippen LogP contribution in [0.2, 0.25) is 0 Å². The second kappa shape index (κ2) is 8.78. The first-order valence-corrected chi connectivity index (χ1v) is 10.7. The molecule has 4 rings (SSSR count). The molecule has 0 aliphatic carbocycles. The van der Waals surface area contributed by atoms with Crippen LogP contribution < -0.4 is 10.9 Å². The third-order valence-electron chi connectivity index (χ3n) is 5.88. The van der Waals surface area contributed by atoms with Crippen molar-refractivity contribution in [2.24, 2.45) is 0 Å². The topological polar surface area (TPSA) is 113 Å². The third-order valence-corrected chi connectivity index (χ3v) is 5.88. The average molecular weight is 455 g/mol. The van der Waals surface area contributed by atoms with E-state index in [0.29, 0.717) is 37.1 Å². The molecule has 0 radical (unpaired) electrons. The van der Waals surface area contributed by atoms with Gasteiger partial charge in [0.2, 0.25) is 17.5 Å². The number of nitrogens with one attached hydrogen (secondary N) is 1. The summed E-state index contributed by atoms with van der Waals surface area (Å²) in [7, 11) is 0. The highest BCUT2D eigenvalue weighted by Gasteiger charge is 2.38. The third kappa shape index (κ3) is 4.65. The number of aryl methyl sites for hydroxylation is 1. The largest absolute Gasteiger partial charge is 0.502 e. The van der Waals surface area contributed by atoms with Gasteiger partial charge < -0.3 is 14.8 Å². The lowest BCUT2D eigenvalue weighted by Gasteiger charge is -2.42. The van der Waals surface area contributed by atoms with E-state index >= 15 is 0 Å². The van der Waals surface area contributed by atoms with Gasteiger partial charge in [-0.15, -0.1) is 0 Å². The summed E-state index contributed by atoms with van der Waals surface area (Å²) < 4.78 is 20.1. The molecule has 0 saturated carbocycles. The lowest BCUT2D eigenvalue weighted by atomic mass is 9.98. The summed E-state index contributed by atoms with van der Waals surface area (Å²) in [6.45, 7) is 7.19. The molecular formula is C23H26FN5O4. The molecule has 1 amide bonds. The Labute approximate surface area is 189 Å². The van der Waals surface area contributed by atoms with E-state index in [1.807, 2.05) is 20.8 Å². The Morgan fingerprint density at radius 3 is 2.67 bits per heavy atom. The van der Waals surface area contributed by atoms with Gasteiger partial charge in [-0.2, -0.15) is 0 Å². The minimum Gasteiger partial charge on any atom is -0.502 e. The van der Waals surface area contributed by atoms with Crippen molar-refractivity contribution in [3.05, 3.63) is 75.4 Å². The number of amides is 1. The number of aromatic nitrogens is 3. The van der Waals surface area contributed by atoms with Crippen molar-refractivity contribution in [1.82, 2.24) is 24.8 Å². The molecule has 33 heavy (non-hydrogen) atoms. The van der Waals surface area contributed by atoms with E-state index in [4.69, 9.17) is 4.42 Å². The van der Waals surface area contributed by atoms with Crippen LogP contribution in [-0.4, -0.2) is 37.0 Å². The van der Waals surface area contributed by atoms with E-state index in [2.05, 4.69) is 20.2 Å². The standard InChI is InChI=1S/C23H26FN5O4/c1-14-11-26-19(33-14)13-28-8-9-29-21(32)20(31)17(27-22(29)23(28,2)3)10-18(30)25-12-15-4-6-16(24)7-5-15/h4-7,11,31H,8-10,12-13H2,1-3H3,(H,25,30). The van der Waals surface area contributed by atoms with Gasteiger partial charge in [0.25, 0.3) is 5.56 Å². The molecule has 0 bridgehead atoms. The molecule has 174 valence electrons. The monoisotopic (exact) mass is 455 g/mol. The van der Waals surface area contributed by atoms with Crippen LogP contribution in [0.15, 0.2) is 39.7 Å². The number of nitrogens with zero attached hydrogens (tertiary/aromatic N) is 4. The van der Waals surface area contributed by atoms with Crippen molar-refractivity contribution in [3.8, 4) is 5.75 Å². The van der Waals surface area contributed by atoms with Gasteiger partial charge in [0.15, 0.2) is 0 Å². The number of hydrogen-bond acceptors (Lipinski definition) is 7. The predicted octanol–water partition coefficient (Wildman–Crippen LogP) is 1.99. The minimum atomic E-state index is -0.674. The summed E-state index contributed by atoms with van der Waals surface area (Å²) >= 11 is 0. The molecular weight excluding hydrogens is 429 g/mol. The average Bonchev–Trinajstić information content (AvgIpc) is 3.18. The Morgan fingerprint density at radius 1 is 1.27 bits per heavy atom. The van der Waals surface area contributed by atoms with Crippen LogP contribution in [0.4, 0.5) is 4.39 Å². The maximum Gasteiger partial charge on any atom is 0.296 e. The van der Waals surface area contributed by atoms with Crippen LogP contribution in [0, 0.1) is 12.7 Å². The molecule has 2 N–H and O–H groups in total. The summed E-state index contributed by atoms with van der Waals surface area (Å²) in [5, 5.41) is 13.1. The minimum absolute atomic E-state index is 0.0183. The highest BCUT2D eigenvalue weighted by Crippen LogP contribution is 2.32. The highest BCUT2D eigenvalue weighted by molar-refractivity contribution is 5.78. The number of carbonyl (C=O) groups excluding carboxylic acids is 1. The lowest BCUT2D eigenvalue weighted by Crippen LogP contribution is -2.52. The van der Waals surface area contributed by atoms with Gasteiger partial charge in [0.05, 0.1) is 30.4 Å². The fraction of sp³-hybridized carbons (Fsp3) is 0.391. The first-order valence-electron chi connectivity index (χ1n) is 10.7. The predicted molar refractivity (Wildman–Crippen MR) is 117 cm³/mol. The lowest BCUT2D eigenvalue weighted by molar-refractivity contribution is -0.120. The van der Waals surface area contributed by atoms with E-state index < -0.39 is 22.8 Å². The second-order valence-electron chi connectivity index (χ2n) is 8.61. The molecule has 0 atom stereocenters. The van der Waals surface area contributed by atoms with Crippen molar-refractivity contribution in [2.45, 2.75) is 52.4 Å². The molecule has 2 aromatic heterocycles. The maximum atomic E-state index is 13.0. The van der Waals surface area contributed by atoms with Crippen molar-refractivity contribution >= 4 is 5.91 Å². The van der Waals surface area contributed by atoms with Crippen LogP contribution >= 0.6 is 0 Å². The van der Waals surface area contributed by atoms with Crippen molar-refractivity contribution in [1.29, 1.82) is 0 Å². The van der Waals surface area contributed by atoms with Crippen molar-refractivity contribution < 1.29 is 18.7 Å². The molecule has 3 aromatic rings. The normalized spacial score (nSPS) is 15.3. The van der Waals surface area contributed by atoms with Gasteiger partial charge in [-0.1, -0.05) is 12.1 Å². The summed E-state index contributed by atoms with van der Waals surface area (Å²) in [5.41, 5.74) is -0.496. The first kappa shape index (κ1) is 22.7. The molecule has 0 fully saturated rings. The first-order chi connectivity index (χ1) is 15.6. The number of carbonyl (C=O) groups is 1. The van der Waals surface area contributed by atoms with Gasteiger partial charge in [-0.25, -0.2) is 14.4 Å². The van der Waals surface area contributed by atoms with Gasteiger partial charge in [-0.3, -0.25) is 19.1 Å². The number of rotatable bonds is 6. The smallest absolute Gasteiger partial charge is 0.296 e. The Hall–Kier alpha value is -3.53. The zero-order chi connectivity index (χ0) is 23.8. The zero-order valence-electron chi connectivity index (χ0n) is 18.8. The molecule has 1 aromatic carbocycles. The Bertz CT molecular complexity index is 1230. The summed E-state index contributed by atoms with van der Waals surface area (Å²) in [4.78, 5) is 36.2. The van der Waals surface area contributed by atoms with E-state index in [1.54, 1.807) is 18.3 Å². The summed E-state index contributed by atoms with van der Waals surface area (Å²) in [5.74, 6) is 0.448. The quantitative estimate of drug-likeness (QED) is 0.584. The number of halogens is 1. The van der Waals surface area contributed by atoms with E-state index in [9.17, 15) is 19.1 Å². The Balaban J connectivity index is 1.54. The molecule has 0 spiro atoms. The van der Waals surface area contributed by atoms with Gasteiger partial charge in [0, 0.05) is 19.6 Å². The number of aromatic hydroxyl groups is 1. The number of fused-ring (bicyclic) bond motifs is 1. The maximum absolute atomic E-state index is 13.0. The van der Waals surface area contributed by atoms with Crippen LogP contribution in [-0.2, 0) is 36.4 Å². The fourth-order valence-electron chi connectivity index (χ4n) is 3.96. The molecule has 1 aliphatic rings. The molecule has 1 aliphatic heterocycles. The zero-order valence-corrected chi connectivity index (χ0v) is 18.8. The van der Waals surface area contributed by atoms with E-state index in [-0.39, 0.29) is 24.5 Å². The SMILES string of the molecule is Cc1cnc(CN2CCn3c(nc(CC(=O)NCc4ccc(F)cc4)c(O)c3=O)C2(C)C)o1. The van der Waals surface area contributed by atoms with Crippen molar-refractivity contribution in [3.63, 3.8) is 0 Å². The van der Waals surface area contributed by atoms with E-state index in [0.717, 1.165) is 5.56 Å². The second-order valence-corrected chi connectivity index (χ2v) is 8.61. The van der Waals surface area contributed by atoms with E-state index in [1.165, 1.54) is 16.7 Å². The van der Waals surface area contributed by atoms with Gasteiger partial charge in [-0.05, 0) is 38.5 Å². The van der Waals surface area contributed by atoms with Crippen LogP contribution in [0.1, 0.15) is 42.6 Å². The Kier molecular flexibility index (Phi) is 6.03. The Morgan fingerprint density at radius 2 is 2.00 bits per heavy atom. The fourth-order valence-corrected chi connectivity index (χ4v) is 3.96. The number of hydrogen-bond donors (Lipinski definition) is 2. The van der Waals surface area contributed by atoms with Crippen LogP contribution in [0.25, 0.3) is 0 Å². The summed E-state index contributed by atoms with van der Waals surface area (Å²) in [6.07, 6.45) is 1.40. The van der Waals surface area contributed by atoms with Gasteiger partial charge >= 0.3 is 0 Å². The van der Waals surface area contributed by atoms with Crippen LogP contribution in [0.3, 0.4) is 0 Å². The van der Waals surface area contributed by atoms with Gasteiger partial charge in [0.1, 0.15) is 17.4 Å². The number of oxazole rings is 1. The summed E-state index contributed by atoms with van der Waals surface area (Å²) in [6, 6.07) is 5.77. The molecule has 9 nitrogen and oxygen atoms in total.